The van der Waals surface area contributed by atoms with Gasteiger partial charge in [0.15, 0.2) is 0 Å². The van der Waals surface area contributed by atoms with Crippen LogP contribution in [0.15, 0.2) is 55.1 Å². The van der Waals surface area contributed by atoms with E-state index in [1.165, 1.54) is 23.6 Å². The second kappa shape index (κ2) is 9.83. The molecule has 25 heavy (non-hydrogen) atoms. The molecular weight excluding hydrogens is 306 g/mol. The summed E-state index contributed by atoms with van der Waals surface area (Å²) in [5, 5.41) is 2.82. The van der Waals surface area contributed by atoms with Gasteiger partial charge in [0.25, 0.3) is 0 Å². The second-order valence-electron chi connectivity index (χ2n) is 6.95. The lowest BCUT2D eigenvalue weighted by Crippen LogP contribution is -2.08. The summed E-state index contributed by atoms with van der Waals surface area (Å²) >= 11 is 0. The van der Waals surface area contributed by atoms with Gasteiger partial charge in [-0.05, 0) is 41.5 Å². The monoisotopic (exact) mass is 337 g/mol. The van der Waals surface area contributed by atoms with Gasteiger partial charge >= 0.3 is 0 Å². The van der Waals surface area contributed by atoms with Gasteiger partial charge in [0.1, 0.15) is 0 Å². The Kier molecular flexibility index (Phi) is 8.13. The Balaban J connectivity index is 0.000000251. The molecule has 0 heterocycles. The maximum Gasteiger partial charge on any atom is 0.221 e. The number of allylic oxidation sites excluding steroid dienone is 1. The van der Waals surface area contributed by atoms with Crippen molar-refractivity contribution in [2.75, 3.05) is 5.32 Å². The molecule has 1 amide bonds. The van der Waals surface area contributed by atoms with Crippen LogP contribution in [0.3, 0.4) is 0 Å². The molecule has 1 N–H and O–H groups in total. The predicted octanol–water partition coefficient (Wildman–Crippen LogP) is 6.61. The maximum absolute atomic E-state index is 10.9. The van der Waals surface area contributed by atoms with Gasteiger partial charge in [0.2, 0.25) is 5.91 Å². The van der Waals surface area contributed by atoms with E-state index in [4.69, 9.17) is 0 Å². The maximum atomic E-state index is 10.9. The molecule has 0 fully saturated rings. The van der Waals surface area contributed by atoms with Gasteiger partial charge < -0.3 is 5.32 Å². The molecular formula is C23H31NO. The van der Waals surface area contributed by atoms with Crippen LogP contribution in [0.1, 0.15) is 70.1 Å². The quantitative estimate of drug-likeness (QED) is 0.668. The van der Waals surface area contributed by atoms with Crippen LogP contribution < -0.4 is 5.32 Å². The topological polar surface area (TPSA) is 29.1 Å². The average molecular weight is 338 g/mol. The van der Waals surface area contributed by atoms with Gasteiger partial charge in [0.05, 0.1) is 0 Å². The van der Waals surface area contributed by atoms with Crippen molar-refractivity contribution >= 4 is 17.2 Å². The van der Waals surface area contributed by atoms with Crippen molar-refractivity contribution in [2.24, 2.45) is 0 Å². The standard InChI is InChI=1S/C12H16.C11H15NO/c1-9(2)11-7-5-6-8-12(11)10(3)4;1-8(2)10-6-4-5-7-11(10)12-9(3)13/h5-8,10H,1H2,2-4H3;4-8H,1-3H3,(H,12,13). The lowest BCUT2D eigenvalue weighted by molar-refractivity contribution is -0.114. The van der Waals surface area contributed by atoms with Gasteiger partial charge in [0, 0.05) is 12.6 Å². The van der Waals surface area contributed by atoms with Crippen LogP contribution >= 0.6 is 0 Å². The third-order valence-corrected chi connectivity index (χ3v) is 3.94. The van der Waals surface area contributed by atoms with E-state index in [9.17, 15) is 4.79 Å². The summed E-state index contributed by atoms with van der Waals surface area (Å²) in [5.74, 6) is 0.994. The Hall–Kier alpha value is -2.35. The molecule has 0 aromatic heterocycles. The minimum atomic E-state index is -0.0203. The van der Waals surface area contributed by atoms with Gasteiger partial charge in [-0.25, -0.2) is 0 Å². The first kappa shape index (κ1) is 20.7. The molecule has 2 rings (SSSR count). The lowest BCUT2D eigenvalue weighted by atomic mass is 9.94. The van der Waals surface area contributed by atoms with Crippen LogP contribution in [0.5, 0.6) is 0 Å². The minimum absolute atomic E-state index is 0.0203. The summed E-state index contributed by atoms with van der Waals surface area (Å²) < 4.78 is 0. The van der Waals surface area contributed by atoms with Crippen molar-refractivity contribution in [3.05, 3.63) is 71.8 Å². The zero-order valence-electron chi connectivity index (χ0n) is 16.4. The predicted molar refractivity (Wildman–Crippen MR) is 110 cm³/mol. The summed E-state index contributed by atoms with van der Waals surface area (Å²) in [6.07, 6.45) is 0. The van der Waals surface area contributed by atoms with Crippen molar-refractivity contribution < 1.29 is 4.79 Å². The van der Waals surface area contributed by atoms with E-state index >= 15 is 0 Å². The van der Waals surface area contributed by atoms with E-state index < -0.39 is 0 Å². The summed E-state index contributed by atoms with van der Waals surface area (Å²) in [4.78, 5) is 10.9. The Morgan fingerprint density at radius 2 is 1.32 bits per heavy atom. The zero-order chi connectivity index (χ0) is 19.0. The third-order valence-electron chi connectivity index (χ3n) is 3.94. The first-order valence-electron chi connectivity index (χ1n) is 8.85. The molecule has 0 saturated carbocycles. The number of rotatable bonds is 4. The molecule has 0 aliphatic carbocycles. The normalized spacial score (nSPS) is 10.2. The fourth-order valence-corrected chi connectivity index (χ4v) is 2.69. The van der Waals surface area contributed by atoms with Gasteiger partial charge in [-0.15, -0.1) is 0 Å². The fraction of sp³-hybridized carbons (Fsp3) is 0.348. The molecule has 2 aromatic rings. The summed E-state index contributed by atoms with van der Waals surface area (Å²) in [6, 6.07) is 16.3. The third kappa shape index (κ3) is 6.58. The molecule has 0 aliphatic rings. The highest BCUT2D eigenvalue weighted by molar-refractivity contribution is 5.89. The Bertz CT molecular complexity index is 714. The molecule has 0 radical (unpaired) electrons. The number of anilines is 1. The number of para-hydroxylation sites is 1. The van der Waals surface area contributed by atoms with Crippen LogP contribution in [0.2, 0.25) is 0 Å². The fourth-order valence-electron chi connectivity index (χ4n) is 2.69. The first-order valence-corrected chi connectivity index (χ1v) is 8.85. The molecule has 0 unspecified atom stereocenters. The number of benzene rings is 2. The molecule has 0 spiro atoms. The van der Waals surface area contributed by atoms with E-state index in [0.717, 1.165) is 11.3 Å². The molecule has 2 aromatic carbocycles. The summed E-state index contributed by atoms with van der Waals surface area (Å²) in [6.45, 7) is 16.2. The Morgan fingerprint density at radius 3 is 1.76 bits per heavy atom. The number of nitrogens with one attached hydrogen (secondary N) is 1. The largest absolute Gasteiger partial charge is 0.326 e. The second-order valence-corrected chi connectivity index (χ2v) is 6.95. The number of carbonyl (C=O) groups excluding carboxylic acids is 1. The lowest BCUT2D eigenvalue weighted by Gasteiger charge is -2.12. The highest BCUT2D eigenvalue weighted by Gasteiger charge is 2.06. The van der Waals surface area contributed by atoms with Gasteiger partial charge in [-0.2, -0.15) is 0 Å². The van der Waals surface area contributed by atoms with E-state index in [0.29, 0.717) is 11.8 Å². The molecule has 0 aliphatic heterocycles. The first-order chi connectivity index (χ1) is 11.7. The van der Waals surface area contributed by atoms with Crippen LogP contribution in [0.25, 0.3) is 5.57 Å². The van der Waals surface area contributed by atoms with E-state index in [2.05, 4.69) is 70.8 Å². The highest BCUT2D eigenvalue weighted by Crippen LogP contribution is 2.24. The van der Waals surface area contributed by atoms with Crippen molar-refractivity contribution in [1.82, 2.24) is 0 Å². The molecule has 0 saturated heterocycles. The van der Waals surface area contributed by atoms with Crippen molar-refractivity contribution in [3.63, 3.8) is 0 Å². The van der Waals surface area contributed by atoms with E-state index in [1.807, 2.05) is 24.3 Å². The van der Waals surface area contributed by atoms with Crippen LogP contribution in [0.4, 0.5) is 5.69 Å². The molecule has 0 bridgehead atoms. The summed E-state index contributed by atoms with van der Waals surface area (Å²) in [7, 11) is 0. The minimum Gasteiger partial charge on any atom is -0.326 e. The Morgan fingerprint density at radius 1 is 0.840 bits per heavy atom. The summed E-state index contributed by atoms with van der Waals surface area (Å²) in [5.41, 5.74) is 5.94. The molecule has 134 valence electrons. The van der Waals surface area contributed by atoms with E-state index in [-0.39, 0.29) is 5.91 Å². The van der Waals surface area contributed by atoms with Crippen LogP contribution in [0, 0.1) is 0 Å². The number of hydrogen-bond donors (Lipinski definition) is 1. The number of hydrogen-bond acceptors (Lipinski definition) is 1. The highest BCUT2D eigenvalue weighted by atomic mass is 16.1. The zero-order valence-corrected chi connectivity index (χ0v) is 16.4. The molecule has 2 heteroatoms. The van der Waals surface area contributed by atoms with Crippen LogP contribution in [-0.2, 0) is 4.79 Å². The SMILES string of the molecule is C=C(C)c1ccccc1C(C)C.CC(=O)Nc1ccccc1C(C)C. The van der Waals surface area contributed by atoms with Gasteiger partial charge in [-0.3, -0.25) is 4.79 Å². The molecule has 2 nitrogen and oxygen atoms in total. The van der Waals surface area contributed by atoms with Crippen molar-refractivity contribution in [3.8, 4) is 0 Å². The number of amides is 1. The smallest absolute Gasteiger partial charge is 0.221 e. The number of carbonyl (C=O) groups is 1. The molecule has 0 atom stereocenters. The Labute approximate surface area is 153 Å². The van der Waals surface area contributed by atoms with Crippen molar-refractivity contribution in [1.29, 1.82) is 0 Å². The van der Waals surface area contributed by atoms with E-state index in [1.54, 1.807) is 0 Å². The average Bonchev–Trinajstić information content (AvgIpc) is 2.55. The van der Waals surface area contributed by atoms with Crippen molar-refractivity contribution in [2.45, 2.75) is 53.4 Å². The van der Waals surface area contributed by atoms with Gasteiger partial charge in [-0.1, -0.05) is 82.3 Å². The van der Waals surface area contributed by atoms with Crippen LogP contribution in [-0.4, -0.2) is 5.91 Å².